The molecule has 1 heterocycles. The lowest BCUT2D eigenvalue weighted by Crippen LogP contribution is -2.31. The summed E-state index contributed by atoms with van der Waals surface area (Å²) in [6.45, 7) is 1.77. The molecule has 0 amide bonds. The van der Waals surface area contributed by atoms with Crippen LogP contribution in [0.2, 0.25) is 0 Å². The molecule has 27 heavy (non-hydrogen) atoms. The zero-order valence-corrected chi connectivity index (χ0v) is 16.0. The number of methoxy groups -OCH3 is 2. The van der Waals surface area contributed by atoms with Gasteiger partial charge in [-0.05, 0) is 36.1 Å². The average Bonchev–Trinajstić information content (AvgIpc) is 3.13. The SMILES string of the molecule is CN=C(NCCCn1ccc2ccccc21)Nc1ccc(OC)c(OC)c1. The number of guanidine groups is 1. The molecule has 1 aromatic heterocycles. The van der Waals surface area contributed by atoms with Gasteiger partial charge in [0.2, 0.25) is 0 Å². The number of aromatic nitrogens is 1. The minimum absolute atomic E-state index is 0.678. The molecule has 0 fully saturated rings. The van der Waals surface area contributed by atoms with Gasteiger partial charge in [-0.15, -0.1) is 0 Å². The highest BCUT2D eigenvalue weighted by Gasteiger charge is 2.06. The number of fused-ring (bicyclic) bond motifs is 1. The molecule has 6 nitrogen and oxygen atoms in total. The largest absolute Gasteiger partial charge is 0.493 e. The molecule has 3 aromatic rings. The Bertz CT molecular complexity index is 917. The van der Waals surface area contributed by atoms with Crippen molar-refractivity contribution in [2.75, 3.05) is 33.1 Å². The number of aliphatic imine (C=N–C) groups is 1. The van der Waals surface area contributed by atoms with Crippen molar-refractivity contribution in [3.8, 4) is 11.5 Å². The second-order valence-electron chi connectivity index (χ2n) is 6.12. The number of aryl methyl sites for hydroxylation is 1. The Morgan fingerprint density at radius 1 is 1.04 bits per heavy atom. The average molecular weight is 366 g/mol. The first-order valence-corrected chi connectivity index (χ1v) is 8.98. The maximum atomic E-state index is 5.34. The van der Waals surface area contributed by atoms with E-state index in [4.69, 9.17) is 9.47 Å². The minimum atomic E-state index is 0.678. The third-order valence-electron chi connectivity index (χ3n) is 4.42. The highest BCUT2D eigenvalue weighted by atomic mass is 16.5. The quantitative estimate of drug-likeness (QED) is 0.380. The summed E-state index contributed by atoms with van der Waals surface area (Å²) >= 11 is 0. The van der Waals surface area contributed by atoms with Crippen LogP contribution in [0.3, 0.4) is 0 Å². The van der Waals surface area contributed by atoms with E-state index in [2.05, 4.69) is 56.7 Å². The zero-order chi connectivity index (χ0) is 19.1. The fourth-order valence-electron chi connectivity index (χ4n) is 3.02. The third kappa shape index (κ3) is 4.53. The van der Waals surface area contributed by atoms with Crippen molar-refractivity contribution in [1.29, 1.82) is 0 Å². The van der Waals surface area contributed by atoms with E-state index >= 15 is 0 Å². The Labute approximate surface area is 159 Å². The summed E-state index contributed by atoms with van der Waals surface area (Å²) in [6, 6.07) is 16.3. The molecular weight excluding hydrogens is 340 g/mol. The number of rotatable bonds is 7. The Morgan fingerprint density at radius 3 is 2.63 bits per heavy atom. The number of nitrogens with zero attached hydrogens (tertiary/aromatic N) is 2. The zero-order valence-electron chi connectivity index (χ0n) is 16.0. The molecule has 0 aliphatic rings. The van der Waals surface area contributed by atoms with Gasteiger partial charge in [0.1, 0.15) is 0 Å². The van der Waals surface area contributed by atoms with Gasteiger partial charge < -0.3 is 24.7 Å². The Kier molecular flexibility index (Phi) is 6.20. The molecule has 0 saturated heterocycles. The number of hydrogen-bond acceptors (Lipinski definition) is 3. The highest BCUT2D eigenvalue weighted by Crippen LogP contribution is 2.29. The van der Waals surface area contributed by atoms with E-state index in [-0.39, 0.29) is 0 Å². The van der Waals surface area contributed by atoms with E-state index in [9.17, 15) is 0 Å². The molecule has 0 bridgehead atoms. The fourth-order valence-corrected chi connectivity index (χ4v) is 3.02. The molecule has 6 heteroatoms. The van der Waals surface area contributed by atoms with Crippen LogP contribution in [0.25, 0.3) is 10.9 Å². The first kappa shape index (κ1) is 18.6. The molecule has 0 spiro atoms. The molecule has 0 aliphatic carbocycles. The van der Waals surface area contributed by atoms with Gasteiger partial charge >= 0.3 is 0 Å². The topological polar surface area (TPSA) is 59.8 Å². The molecule has 142 valence electrons. The molecule has 0 saturated carbocycles. The number of hydrogen-bond donors (Lipinski definition) is 2. The van der Waals surface area contributed by atoms with Crippen molar-refractivity contribution in [1.82, 2.24) is 9.88 Å². The van der Waals surface area contributed by atoms with E-state index in [1.54, 1.807) is 21.3 Å². The van der Waals surface area contributed by atoms with E-state index in [1.165, 1.54) is 10.9 Å². The fraction of sp³-hybridized carbons (Fsp3) is 0.286. The van der Waals surface area contributed by atoms with E-state index in [1.807, 2.05) is 18.2 Å². The number of para-hydroxylation sites is 1. The summed E-state index contributed by atoms with van der Waals surface area (Å²) in [6.07, 6.45) is 3.13. The summed E-state index contributed by atoms with van der Waals surface area (Å²) in [4.78, 5) is 4.28. The van der Waals surface area contributed by atoms with Gasteiger partial charge in [-0.3, -0.25) is 4.99 Å². The van der Waals surface area contributed by atoms with Crippen LogP contribution in [0.4, 0.5) is 5.69 Å². The Hall–Kier alpha value is -3.15. The molecular formula is C21H26N4O2. The van der Waals surface area contributed by atoms with Crippen LogP contribution in [0.5, 0.6) is 11.5 Å². The van der Waals surface area contributed by atoms with Gasteiger partial charge in [0.25, 0.3) is 0 Å². The van der Waals surface area contributed by atoms with Crippen molar-refractivity contribution in [3.05, 3.63) is 54.7 Å². The molecule has 0 aliphatic heterocycles. The number of anilines is 1. The Balaban J connectivity index is 1.52. The first-order valence-electron chi connectivity index (χ1n) is 8.98. The van der Waals surface area contributed by atoms with E-state index in [0.29, 0.717) is 11.5 Å². The van der Waals surface area contributed by atoms with Crippen LogP contribution in [0.15, 0.2) is 59.7 Å². The summed E-state index contributed by atoms with van der Waals surface area (Å²) < 4.78 is 12.9. The minimum Gasteiger partial charge on any atom is -0.493 e. The predicted octanol–water partition coefficient (Wildman–Crippen LogP) is 3.74. The maximum absolute atomic E-state index is 5.34. The van der Waals surface area contributed by atoms with Gasteiger partial charge in [0, 0.05) is 43.6 Å². The second-order valence-corrected chi connectivity index (χ2v) is 6.12. The molecule has 0 radical (unpaired) electrons. The van der Waals surface area contributed by atoms with Gasteiger partial charge in [0.05, 0.1) is 14.2 Å². The maximum Gasteiger partial charge on any atom is 0.195 e. The van der Waals surface area contributed by atoms with Crippen molar-refractivity contribution in [2.45, 2.75) is 13.0 Å². The summed E-state index contributed by atoms with van der Waals surface area (Å²) in [7, 11) is 5.01. The van der Waals surface area contributed by atoms with Gasteiger partial charge in [-0.2, -0.15) is 0 Å². The van der Waals surface area contributed by atoms with E-state index in [0.717, 1.165) is 31.2 Å². The summed E-state index contributed by atoms with van der Waals surface area (Å²) in [5.41, 5.74) is 2.16. The molecule has 3 rings (SSSR count). The van der Waals surface area contributed by atoms with Crippen LogP contribution in [0.1, 0.15) is 6.42 Å². The summed E-state index contributed by atoms with van der Waals surface area (Å²) in [5, 5.41) is 7.90. The standard InChI is InChI=1S/C21H26N4O2/c1-22-21(24-17-9-10-19(26-2)20(15-17)27-3)23-12-6-13-25-14-11-16-7-4-5-8-18(16)25/h4-5,7-11,14-15H,6,12-13H2,1-3H3,(H2,22,23,24). The van der Waals surface area contributed by atoms with Gasteiger partial charge in [-0.1, -0.05) is 18.2 Å². The summed E-state index contributed by atoms with van der Waals surface area (Å²) in [5.74, 6) is 2.10. The second kappa shape index (κ2) is 8.98. The number of nitrogens with one attached hydrogen (secondary N) is 2. The Morgan fingerprint density at radius 2 is 1.85 bits per heavy atom. The van der Waals surface area contributed by atoms with E-state index < -0.39 is 0 Å². The van der Waals surface area contributed by atoms with Crippen molar-refractivity contribution >= 4 is 22.5 Å². The lowest BCUT2D eigenvalue weighted by molar-refractivity contribution is 0.355. The van der Waals surface area contributed by atoms with Crippen LogP contribution < -0.4 is 20.1 Å². The van der Waals surface area contributed by atoms with Crippen LogP contribution >= 0.6 is 0 Å². The smallest absolute Gasteiger partial charge is 0.195 e. The lowest BCUT2D eigenvalue weighted by atomic mass is 10.2. The normalized spacial score (nSPS) is 11.4. The first-order chi connectivity index (χ1) is 13.2. The highest BCUT2D eigenvalue weighted by molar-refractivity contribution is 5.93. The number of benzene rings is 2. The van der Waals surface area contributed by atoms with Crippen LogP contribution in [0, 0.1) is 0 Å². The molecule has 0 unspecified atom stereocenters. The predicted molar refractivity (Wildman–Crippen MR) is 111 cm³/mol. The van der Waals surface area contributed by atoms with Crippen molar-refractivity contribution < 1.29 is 9.47 Å². The lowest BCUT2D eigenvalue weighted by Gasteiger charge is -2.14. The van der Waals surface area contributed by atoms with Gasteiger partial charge in [0.15, 0.2) is 17.5 Å². The molecule has 0 atom stereocenters. The number of ether oxygens (including phenoxy) is 2. The third-order valence-corrected chi connectivity index (χ3v) is 4.42. The van der Waals surface area contributed by atoms with Crippen molar-refractivity contribution in [3.63, 3.8) is 0 Å². The molecule has 2 N–H and O–H groups in total. The van der Waals surface area contributed by atoms with Crippen LogP contribution in [-0.4, -0.2) is 38.3 Å². The van der Waals surface area contributed by atoms with Gasteiger partial charge in [-0.25, -0.2) is 0 Å². The molecule has 2 aromatic carbocycles. The van der Waals surface area contributed by atoms with Crippen molar-refractivity contribution in [2.24, 2.45) is 4.99 Å². The monoisotopic (exact) mass is 366 g/mol. The van der Waals surface area contributed by atoms with Crippen LogP contribution in [-0.2, 0) is 6.54 Å².